The first kappa shape index (κ1) is 118. The van der Waals surface area contributed by atoms with Crippen molar-refractivity contribution >= 4 is 147 Å². The molecular weight excluding hydrogens is 2040 g/mol. The lowest BCUT2D eigenvalue weighted by molar-refractivity contribution is -0.703. The number of carbonyl (C=O) groups is 12. The van der Waals surface area contributed by atoms with Crippen molar-refractivity contribution in [2.45, 2.75) is 107 Å². The molecule has 2 unspecified atom stereocenters. The van der Waals surface area contributed by atoms with Gasteiger partial charge < -0.3 is 129 Å². The highest BCUT2D eigenvalue weighted by Gasteiger charge is 2.46. The van der Waals surface area contributed by atoms with E-state index in [4.69, 9.17) is 9.47 Å². The number of amides is 8. The third kappa shape index (κ3) is 37.0. The van der Waals surface area contributed by atoms with Gasteiger partial charge in [-0.1, -0.05) is 23.7 Å². The van der Waals surface area contributed by atoms with Gasteiger partial charge in [-0.25, -0.2) is 26.8 Å². The Bertz CT molecular complexity index is 6480. The van der Waals surface area contributed by atoms with Gasteiger partial charge in [-0.3, -0.25) is 86.7 Å². The molecule has 814 valence electrons. The SMILES string of the molecule is C=C(O)CN1CCN(CC(=O)O)CCN(CC(=O)N(CCC(=O)NC(CS(O)(O)O)C(=O)NCCNC(=O)CCCOc2cc(C)c(S(=O)(=O)N[C@@H](CNC(=O)c3cn(C)c4cc(CNc5ncc[nH]5)ccc4c3=O)C(=O)O)c(C)c2)[N+](=O)C(CS(O)(O)O)C(=O)NCCNC(=O)CCCOc2cc(C)c(S(=O)(=O)N[C@@H](CNC(=O)c3cn(C)c4cc(CNc5ncc[nH]5)ccc4c3=O)C(=O)O)c(C)c2)CCN(CC(=O)O)CC1. The number of aromatic amines is 2. The minimum absolute atomic E-state index is 0.00783. The summed E-state index contributed by atoms with van der Waals surface area (Å²) in [5.74, 6) is -16.0. The smallest absolute Gasteiger partial charge is 0.325 e. The molecule has 24 N–H and O–H groups in total. The van der Waals surface area contributed by atoms with E-state index in [1.54, 1.807) is 72.6 Å². The number of hydrogen-bond donors (Lipinski definition) is 24. The van der Waals surface area contributed by atoms with E-state index >= 15 is 0 Å². The van der Waals surface area contributed by atoms with Crippen LogP contribution in [0.5, 0.6) is 11.5 Å². The van der Waals surface area contributed by atoms with Crippen LogP contribution in [0.3, 0.4) is 0 Å². The van der Waals surface area contributed by atoms with Gasteiger partial charge in [0.05, 0.1) is 111 Å². The zero-order valence-electron chi connectivity index (χ0n) is 82.1. The molecule has 9 rings (SSSR count). The van der Waals surface area contributed by atoms with Gasteiger partial charge in [-0.05, 0) is 122 Å². The van der Waals surface area contributed by atoms with Crippen LogP contribution in [-0.2, 0) is 95.2 Å². The van der Waals surface area contributed by atoms with Crippen molar-refractivity contribution in [2.24, 2.45) is 14.1 Å². The number of nitrogens with zero attached hydrogens (tertiary/aromatic N) is 10. The molecule has 8 aromatic rings. The third-order valence-corrected chi connectivity index (χ3v) is 28.1. The molecule has 1 aliphatic heterocycles. The Labute approximate surface area is 856 Å². The van der Waals surface area contributed by atoms with Gasteiger partial charge in [0, 0.05) is 180 Å². The summed E-state index contributed by atoms with van der Waals surface area (Å²) in [6.07, 6.45) is 7.50. The first-order valence-electron chi connectivity index (χ1n) is 46.3. The van der Waals surface area contributed by atoms with Gasteiger partial charge in [-0.2, -0.15) is 9.44 Å². The van der Waals surface area contributed by atoms with Crippen molar-refractivity contribution in [1.82, 2.24) is 100 Å². The van der Waals surface area contributed by atoms with Crippen molar-refractivity contribution in [3.05, 3.63) is 180 Å². The maximum Gasteiger partial charge on any atom is 0.325 e. The fourth-order valence-corrected chi connectivity index (χ4v) is 20.6. The largest absolute Gasteiger partial charge is 0.512 e. The number of aromatic nitrogens is 6. The molecule has 1 saturated heterocycles. The molecule has 0 bridgehead atoms. The lowest BCUT2D eigenvalue weighted by Gasteiger charge is -2.33. The van der Waals surface area contributed by atoms with Gasteiger partial charge in [0.25, 0.3) is 23.6 Å². The number of carboxylic acid groups (broad SMARTS) is 4. The van der Waals surface area contributed by atoms with Gasteiger partial charge >= 0.3 is 29.9 Å². The van der Waals surface area contributed by atoms with Gasteiger partial charge in [0.1, 0.15) is 51.4 Å². The number of aliphatic hydroxyl groups excluding tert-OH is 1. The number of nitrogens with one attached hydrogen (secondary N) is 13. The fraction of sp³-hybridized carbons (Fsp3) is 0.444. The molecular formula is C90H124N23O32S4+. The number of anilines is 2. The number of rotatable bonds is 56. The van der Waals surface area contributed by atoms with Gasteiger partial charge in [-0.15, -0.1) is 0 Å². The standard InChI is InChI=1S/C90H123N23O32S4/c1-54-36-61(37-55(2)81(54)148(140,141)104-67(87(129)130)44-99-83(125)65-47-106(6)70-40-59(12-14-63(70)79(65)123)42-101-89-95-21-22-96-89)144-34-8-10-73(115)91-17-19-93-85(127)69(52-146(134,135)136)103-75(117)16-25-112(76(118)49-109-28-32-110(50-77(119)120)30-26-108(46-58(5)114)27-31-111(33-29-109)51-78(121)122)113(133)72(53-147(137,138)139)86(128)94-20-18-92-74(116)11-9-35-145-62-38-56(3)82(57(4)39-62)149(142,143)105-68(88(131)132)45-100-84(126)66-48-107(7)71-41-60(13-15-64(71)80(66)124)43-102-90-97-23-24-98-90/h12-15,21-24,36-41,47-48,67-69,72,104-105H,5,8-11,16-20,25-35,42-46,49-53H2,1-4,6-7H3,(H21-,91,92,93,94,95,96,97,98,99,100,101,102,103,114,115,116,117,119,120,121,122,125,126,127,128,129,130,131,132,134,135,136,137,138,139)/p+1/t67-,68-,69?,72?/m0/s1. The van der Waals surface area contributed by atoms with E-state index in [-0.39, 0.29) is 181 Å². The predicted octanol–water partition coefficient (Wildman–Crippen LogP) is -0.224. The molecule has 0 aliphatic carbocycles. The fourth-order valence-electron chi connectivity index (χ4n) is 16.0. The molecule has 0 spiro atoms. The molecule has 4 atom stereocenters. The molecule has 59 heteroatoms. The molecule has 5 heterocycles. The van der Waals surface area contributed by atoms with Crippen LogP contribution in [0.4, 0.5) is 11.9 Å². The summed E-state index contributed by atoms with van der Waals surface area (Å²) in [5, 5.41) is 73.4. The Kier molecular flexibility index (Phi) is 43.4. The number of fused-ring (bicyclic) bond motifs is 2. The molecule has 0 radical (unpaired) electrons. The highest BCUT2D eigenvalue weighted by atomic mass is 32.3. The average Bonchev–Trinajstić information content (AvgIpc) is 1.72. The summed E-state index contributed by atoms with van der Waals surface area (Å²) in [4.78, 5) is 220. The van der Waals surface area contributed by atoms with Crippen LogP contribution in [0.15, 0.2) is 130 Å². The second-order valence-electron chi connectivity index (χ2n) is 34.9. The second-order valence-corrected chi connectivity index (χ2v) is 41.4. The zero-order valence-corrected chi connectivity index (χ0v) is 85.3. The molecule has 4 aromatic carbocycles. The summed E-state index contributed by atoms with van der Waals surface area (Å²) in [5.41, 5.74) is 0.900. The van der Waals surface area contributed by atoms with Crippen LogP contribution in [0.1, 0.15) is 86.2 Å². The Hall–Kier alpha value is -14.2. The van der Waals surface area contributed by atoms with E-state index in [1.807, 2.05) is 0 Å². The van der Waals surface area contributed by atoms with E-state index in [9.17, 15) is 142 Å². The number of sulfonamides is 2. The molecule has 1 aliphatic rings. The number of carbonyl (C=O) groups excluding carboxylic acids is 8. The Morgan fingerprint density at radius 1 is 0.490 bits per heavy atom. The predicted molar refractivity (Wildman–Crippen MR) is 541 cm³/mol. The van der Waals surface area contributed by atoms with Gasteiger partial charge in [0.15, 0.2) is 11.9 Å². The number of carboxylic acids is 4. The highest BCUT2D eigenvalue weighted by Crippen LogP contribution is 2.36. The van der Waals surface area contributed by atoms with E-state index in [0.717, 1.165) is 11.1 Å². The lowest BCUT2D eigenvalue weighted by Crippen LogP contribution is -2.56. The summed E-state index contributed by atoms with van der Waals surface area (Å²) in [6, 6.07) is 6.84. The number of benzene rings is 4. The van der Waals surface area contributed by atoms with E-state index in [1.165, 1.54) is 95.8 Å². The van der Waals surface area contributed by atoms with E-state index < -0.39 is 230 Å². The normalized spacial score (nSPS) is 14.3. The summed E-state index contributed by atoms with van der Waals surface area (Å²) in [6.45, 7) is 2.74. The maximum atomic E-state index is 14.9. The Morgan fingerprint density at radius 2 is 0.872 bits per heavy atom. The highest BCUT2D eigenvalue weighted by molar-refractivity contribution is 8.19. The topological polar surface area (TPSA) is 784 Å². The molecule has 4 aromatic heterocycles. The van der Waals surface area contributed by atoms with Crippen LogP contribution in [0, 0.1) is 32.6 Å². The van der Waals surface area contributed by atoms with Crippen molar-refractivity contribution in [3.63, 3.8) is 0 Å². The monoisotopic (exact) mass is 2170 g/mol. The van der Waals surface area contributed by atoms with Gasteiger partial charge in [0.2, 0.25) is 54.5 Å². The third-order valence-electron chi connectivity index (χ3n) is 23.1. The minimum Gasteiger partial charge on any atom is -0.512 e. The number of pyridine rings is 2. The van der Waals surface area contributed by atoms with Crippen LogP contribution in [0.25, 0.3) is 21.8 Å². The molecule has 8 amide bonds. The molecule has 55 nitrogen and oxygen atoms in total. The Balaban J connectivity index is 0.779. The van der Waals surface area contributed by atoms with Crippen molar-refractivity contribution in [2.75, 3.05) is 160 Å². The van der Waals surface area contributed by atoms with E-state index in [0.29, 0.717) is 36.0 Å². The summed E-state index contributed by atoms with van der Waals surface area (Å²) >= 11 is 0. The number of imidazole rings is 2. The van der Waals surface area contributed by atoms with Crippen molar-refractivity contribution < 1.29 is 142 Å². The quantitative estimate of drug-likeness (QED) is 0.0101. The van der Waals surface area contributed by atoms with Crippen LogP contribution in [0.2, 0.25) is 0 Å². The summed E-state index contributed by atoms with van der Waals surface area (Å²) < 4.78 is 136. The zero-order chi connectivity index (χ0) is 110. The van der Waals surface area contributed by atoms with Crippen LogP contribution >= 0.6 is 21.7 Å². The van der Waals surface area contributed by atoms with Crippen LogP contribution in [-0.4, -0.2) is 373 Å². The molecule has 149 heavy (non-hydrogen) atoms. The number of hydrazine groups is 1. The first-order valence-corrected chi connectivity index (χ1v) is 52.6. The minimum atomic E-state index is -4.91. The Morgan fingerprint density at radius 3 is 1.24 bits per heavy atom. The van der Waals surface area contributed by atoms with E-state index in [2.05, 4.69) is 83.8 Å². The van der Waals surface area contributed by atoms with Crippen molar-refractivity contribution in [1.29, 1.82) is 0 Å². The summed E-state index contributed by atoms with van der Waals surface area (Å²) in [7, 11) is -15.7. The number of aliphatic carboxylic acids is 4. The number of hydrogen-bond acceptors (Lipinski definition) is 36. The van der Waals surface area contributed by atoms with Crippen molar-refractivity contribution in [3.8, 4) is 11.5 Å². The number of nitroso groups, excluding NO2 is 1. The number of ether oxygens (including phenoxy) is 2. The molecule has 1 fully saturated rings. The number of aryl methyl sites for hydroxylation is 6. The average molecular weight is 2170 g/mol. The second kappa shape index (κ2) is 54.7. The first-order chi connectivity index (χ1) is 70.2. The maximum absolute atomic E-state index is 14.9. The lowest BCUT2D eigenvalue weighted by atomic mass is 10.1. The van der Waals surface area contributed by atoms with Crippen LogP contribution < -0.4 is 77.6 Å². The molecule has 0 saturated carbocycles. The number of H-pyrrole nitrogens is 2. The number of aliphatic hydroxyl groups is 1.